The van der Waals surface area contributed by atoms with Gasteiger partial charge in [-0.1, -0.05) is 13.8 Å². The molecule has 1 aliphatic carbocycles. The molecule has 0 bridgehead atoms. The van der Waals surface area contributed by atoms with Crippen molar-refractivity contribution in [3.8, 4) is 5.75 Å². The summed E-state index contributed by atoms with van der Waals surface area (Å²) >= 11 is 0. The first-order chi connectivity index (χ1) is 14.9. The van der Waals surface area contributed by atoms with Gasteiger partial charge in [0.1, 0.15) is 5.75 Å². The van der Waals surface area contributed by atoms with Crippen LogP contribution in [0.5, 0.6) is 5.75 Å². The lowest BCUT2D eigenvalue weighted by atomic mass is 9.57. The van der Waals surface area contributed by atoms with Gasteiger partial charge in [-0.2, -0.15) is 8.78 Å². The number of ether oxygens (including phenoxy) is 2. The quantitative estimate of drug-likeness (QED) is 0.308. The number of hydrogen-bond acceptors (Lipinski definition) is 4. The molecule has 2 aliphatic heterocycles. The van der Waals surface area contributed by atoms with Gasteiger partial charge in [-0.3, -0.25) is 4.99 Å². The highest BCUT2D eigenvalue weighted by Crippen LogP contribution is 2.52. The zero-order valence-corrected chi connectivity index (χ0v) is 21.4. The van der Waals surface area contributed by atoms with Crippen molar-refractivity contribution < 1.29 is 18.3 Å². The number of piperidine rings is 1. The van der Waals surface area contributed by atoms with E-state index in [9.17, 15) is 8.78 Å². The van der Waals surface area contributed by atoms with Crippen LogP contribution in [0.1, 0.15) is 40.0 Å². The molecule has 0 spiro atoms. The van der Waals surface area contributed by atoms with Crippen molar-refractivity contribution in [1.29, 1.82) is 0 Å². The van der Waals surface area contributed by atoms with Gasteiger partial charge in [0.05, 0.1) is 6.10 Å². The average Bonchev–Trinajstić information content (AvgIpc) is 3.20. The number of benzene rings is 1. The molecule has 3 aliphatic rings. The Morgan fingerprint density at radius 2 is 2.00 bits per heavy atom. The Bertz CT molecular complexity index is 778. The van der Waals surface area contributed by atoms with Crippen LogP contribution in [0, 0.1) is 11.3 Å². The van der Waals surface area contributed by atoms with Crippen LogP contribution in [-0.2, 0) is 4.74 Å². The lowest BCUT2D eigenvalue weighted by Crippen LogP contribution is -2.68. The molecule has 0 amide bonds. The van der Waals surface area contributed by atoms with Crippen LogP contribution in [0.25, 0.3) is 0 Å². The van der Waals surface area contributed by atoms with Gasteiger partial charge in [-0.05, 0) is 50.5 Å². The number of rotatable bonds is 6. The predicted molar refractivity (Wildman–Crippen MR) is 133 cm³/mol. The van der Waals surface area contributed by atoms with Crippen molar-refractivity contribution in [2.24, 2.45) is 16.3 Å². The summed E-state index contributed by atoms with van der Waals surface area (Å²) in [5, 5.41) is 7.34. The molecule has 180 valence electrons. The fourth-order valence-corrected chi connectivity index (χ4v) is 5.42. The zero-order chi connectivity index (χ0) is 22.0. The number of fused-ring (bicyclic) bond motifs is 1. The van der Waals surface area contributed by atoms with E-state index in [1.165, 1.54) is 0 Å². The van der Waals surface area contributed by atoms with Crippen LogP contribution in [0.3, 0.4) is 0 Å². The second kappa shape index (κ2) is 10.7. The summed E-state index contributed by atoms with van der Waals surface area (Å²) in [5.74, 6) is 1.61. The molecule has 9 heteroatoms. The molecular weight excluding hydrogens is 529 g/mol. The molecule has 1 aromatic rings. The summed E-state index contributed by atoms with van der Waals surface area (Å²) < 4.78 is 35.2. The van der Waals surface area contributed by atoms with Crippen molar-refractivity contribution in [2.45, 2.75) is 64.8 Å². The first-order valence-electron chi connectivity index (χ1n) is 11.4. The van der Waals surface area contributed by atoms with E-state index in [1.54, 1.807) is 12.1 Å². The van der Waals surface area contributed by atoms with Gasteiger partial charge in [0.25, 0.3) is 0 Å². The number of nitrogens with zero attached hydrogens (tertiary/aromatic N) is 2. The summed E-state index contributed by atoms with van der Waals surface area (Å²) in [7, 11) is 0. The monoisotopic (exact) mass is 564 g/mol. The standard InChI is InChI=1S/C23H34F2N4O2.HI/c1-4-26-22(28-19-18-11-13-30-20(18)23(19,2)3)27-15-6-5-12-29(14-15)16-7-9-17(10-8-16)31-21(24)25;/h7-10,15,18-21H,4-6,11-14H2,1-3H3,(H2,26,27,28);1H. The molecule has 0 aromatic heterocycles. The number of alkyl halides is 2. The van der Waals surface area contributed by atoms with Crippen molar-refractivity contribution in [2.75, 3.05) is 31.1 Å². The van der Waals surface area contributed by atoms with Crippen molar-refractivity contribution in [1.82, 2.24) is 10.6 Å². The second-order valence-electron chi connectivity index (χ2n) is 9.31. The lowest BCUT2D eigenvalue weighted by Gasteiger charge is -2.55. The molecule has 4 unspecified atom stereocenters. The Balaban J connectivity index is 0.00000289. The SMILES string of the molecule is CCN=C(NC1CCCN(c2ccc(OC(F)F)cc2)C1)NC1C2CCOC2C1(C)C.I. The summed E-state index contributed by atoms with van der Waals surface area (Å²) in [6, 6.07) is 7.51. The third-order valence-electron chi connectivity index (χ3n) is 6.90. The molecule has 32 heavy (non-hydrogen) atoms. The van der Waals surface area contributed by atoms with E-state index in [-0.39, 0.29) is 41.2 Å². The summed E-state index contributed by atoms with van der Waals surface area (Å²) in [6.45, 7) is 7.13. The highest BCUT2D eigenvalue weighted by Gasteiger charge is 2.59. The van der Waals surface area contributed by atoms with Crippen molar-refractivity contribution >= 4 is 35.6 Å². The van der Waals surface area contributed by atoms with Gasteiger partial charge in [-0.15, -0.1) is 24.0 Å². The number of nitrogens with one attached hydrogen (secondary N) is 2. The van der Waals surface area contributed by atoms with Crippen LogP contribution < -0.4 is 20.3 Å². The largest absolute Gasteiger partial charge is 0.435 e. The molecule has 1 saturated carbocycles. The Hall–Kier alpha value is -1.36. The van der Waals surface area contributed by atoms with Gasteiger partial charge < -0.3 is 25.0 Å². The molecule has 0 radical (unpaired) electrons. The molecule has 1 aromatic carbocycles. The minimum atomic E-state index is -2.80. The Labute approximate surface area is 206 Å². The minimum absolute atomic E-state index is 0. The third kappa shape index (κ3) is 5.40. The van der Waals surface area contributed by atoms with E-state index < -0.39 is 6.61 Å². The molecule has 4 rings (SSSR count). The smallest absolute Gasteiger partial charge is 0.387 e. The van der Waals surface area contributed by atoms with E-state index in [1.807, 2.05) is 19.1 Å². The first-order valence-corrected chi connectivity index (χ1v) is 11.4. The normalized spacial score (nSPS) is 29.1. The van der Waals surface area contributed by atoms with Crippen LogP contribution >= 0.6 is 24.0 Å². The Kier molecular flexibility index (Phi) is 8.46. The maximum Gasteiger partial charge on any atom is 0.387 e. The lowest BCUT2D eigenvalue weighted by molar-refractivity contribution is -0.106. The van der Waals surface area contributed by atoms with Crippen LogP contribution in [0.15, 0.2) is 29.3 Å². The van der Waals surface area contributed by atoms with Crippen molar-refractivity contribution in [3.05, 3.63) is 24.3 Å². The fraction of sp³-hybridized carbons (Fsp3) is 0.696. The molecule has 2 heterocycles. The van der Waals surface area contributed by atoms with Gasteiger partial charge in [0.15, 0.2) is 5.96 Å². The number of aliphatic imine (C=N–C) groups is 1. The minimum Gasteiger partial charge on any atom is -0.435 e. The van der Waals surface area contributed by atoms with Gasteiger partial charge in [0.2, 0.25) is 0 Å². The number of halogens is 3. The Morgan fingerprint density at radius 1 is 1.25 bits per heavy atom. The molecule has 3 fully saturated rings. The number of hydrogen-bond donors (Lipinski definition) is 2. The van der Waals surface area contributed by atoms with E-state index >= 15 is 0 Å². The summed E-state index contributed by atoms with van der Waals surface area (Å²) in [5.41, 5.74) is 1.11. The topological polar surface area (TPSA) is 58.1 Å². The molecule has 6 nitrogen and oxygen atoms in total. The van der Waals surface area contributed by atoms with Gasteiger partial charge >= 0.3 is 6.61 Å². The number of anilines is 1. The van der Waals surface area contributed by atoms with Gasteiger partial charge in [0, 0.05) is 55.3 Å². The van der Waals surface area contributed by atoms with Crippen LogP contribution in [-0.4, -0.2) is 57.0 Å². The molecule has 4 atom stereocenters. The third-order valence-corrected chi connectivity index (χ3v) is 6.90. The molecular formula is C23H35F2IN4O2. The number of guanidine groups is 1. The van der Waals surface area contributed by atoms with E-state index in [0.717, 1.165) is 57.2 Å². The molecule has 2 N–H and O–H groups in total. The second-order valence-corrected chi connectivity index (χ2v) is 9.31. The zero-order valence-electron chi connectivity index (χ0n) is 19.0. The van der Waals surface area contributed by atoms with E-state index in [2.05, 4.69) is 34.1 Å². The Morgan fingerprint density at radius 3 is 2.69 bits per heavy atom. The van der Waals surface area contributed by atoms with Crippen molar-refractivity contribution in [3.63, 3.8) is 0 Å². The maximum atomic E-state index is 12.4. The summed E-state index contributed by atoms with van der Waals surface area (Å²) in [6.07, 6.45) is 3.57. The summed E-state index contributed by atoms with van der Waals surface area (Å²) in [4.78, 5) is 6.99. The van der Waals surface area contributed by atoms with E-state index in [4.69, 9.17) is 9.73 Å². The predicted octanol–water partition coefficient (Wildman–Crippen LogP) is 4.24. The first kappa shape index (κ1) is 25.3. The van der Waals surface area contributed by atoms with Crippen LogP contribution in [0.4, 0.5) is 14.5 Å². The maximum absolute atomic E-state index is 12.4. The fourth-order valence-electron chi connectivity index (χ4n) is 5.42. The van der Waals surface area contributed by atoms with E-state index in [0.29, 0.717) is 18.1 Å². The average molecular weight is 564 g/mol. The van der Waals surface area contributed by atoms with Gasteiger partial charge in [-0.25, -0.2) is 0 Å². The van der Waals surface area contributed by atoms with Crippen LogP contribution in [0.2, 0.25) is 0 Å². The molecule has 2 saturated heterocycles. The highest BCUT2D eigenvalue weighted by atomic mass is 127. The highest BCUT2D eigenvalue weighted by molar-refractivity contribution is 14.0.